The highest BCUT2D eigenvalue weighted by molar-refractivity contribution is 5.49. The first-order valence-corrected chi connectivity index (χ1v) is 8.35. The Morgan fingerprint density at radius 2 is 2.20 bits per heavy atom. The molecule has 0 aromatic carbocycles. The van der Waals surface area contributed by atoms with Crippen molar-refractivity contribution in [3.05, 3.63) is 63.5 Å². The molecule has 0 spiro atoms. The summed E-state index contributed by atoms with van der Waals surface area (Å²) in [5.41, 5.74) is 4.52. The van der Waals surface area contributed by atoms with Crippen LogP contribution in [0.25, 0.3) is 11.5 Å². The summed E-state index contributed by atoms with van der Waals surface area (Å²) in [5.74, 6) is 0.531. The number of hydrogen-bond donors (Lipinski definition) is 1. The van der Waals surface area contributed by atoms with E-state index in [0.717, 1.165) is 30.0 Å². The fraction of sp³-hybridized carbons (Fsp3) is 0.333. The number of fused-ring (bicyclic) bond motifs is 1. The van der Waals surface area contributed by atoms with Crippen LogP contribution in [0.1, 0.15) is 22.5 Å². The first kappa shape index (κ1) is 15.7. The number of hydrogen-bond acceptors (Lipinski definition) is 5. The van der Waals surface area contributed by atoms with Gasteiger partial charge < -0.3 is 4.98 Å². The van der Waals surface area contributed by atoms with Crippen LogP contribution in [0.3, 0.4) is 0 Å². The van der Waals surface area contributed by atoms with E-state index in [1.54, 1.807) is 6.20 Å². The van der Waals surface area contributed by atoms with E-state index in [4.69, 9.17) is 0 Å². The zero-order valence-corrected chi connectivity index (χ0v) is 14.4. The van der Waals surface area contributed by atoms with Gasteiger partial charge >= 0.3 is 0 Å². The summed E-state index contributed by atoms with van der Waals surface area (Å²) in [5, 5.41) is 4.40. The topological polar surface area (TPSA) is 79.7 Å². The maximum atomic E-state index is 12.4. The smallest absolute Gasteiger partial charge is 0.254 e. The molecule has 4 heterocycles. The monoisotopic (exact) mass is 336 g/mol. The lowest BCUT2D eigenvalue weighted by atomic mass is 10.1. The zero-order chi connectivity index (χ0) is 17.4. The molecule has 3 aromatic rings. The Hall–Kier alpha value is -2.80. The summed E-state index contributed by atoms with van der Waals surface area (Å²) >= 11 is 0. The quantitative estimate of drug-likeness (QED) is 0.783. The SMILES string of the molecule is Cc1nn(C)cc1CN1CCc2c(nc(-c3ccccn3)[nH]c2=O)C1. The highest BCUT2D eigenvalue weighted by Crippen LogP contribution is 2.19. The number of nitrogens with zero attached hydrogens (tertiary/aromatic N) is 5. The molecule has 0 unspecified atom stereocenters. The predicted molar refractivity (Wildman–Crippen MR) is 93.9 cm³/mol. The zero-order valence-electron chi connectivity index (χ0n) is 14.4. The van der Waals surface area contributed by atoms with E-state index < -0.39 is 0 Å². The molecule has 0 saturated carbocycles. The largest absolute Gasteiger partial charge is 0.305 e. The number of H-pyrrole nitrogens is 1. The van der Waals surface area contributed by atoms with E-state index in [0.29, 0.717) is 24.5 Å². The molecule has 0 radical (unpaired) electrons. The number of nitrogens with one attached hydrogen (secondary N) is 1. The molecule has 128 valence electrons. The van der Waals surface area contributed by atoms with Crippen molar-refractivity contribution in [1.82, 2.24) is 29.6 Å². The standard InChI is InChI=1S/C18H20N6O/c1-12-13(9-23(2)22-12)10-24-8-6-14-16(11-24)20-17(21-18(14)25)15-5-3-4-7-19-15/h3-5,7,9H,6,8,10-11H2,1-2H3,(H,20,21,25). The Morgan fingerprint density at radius 1 is 1.32 bits per heavy atom. The van der Waals surface area contributed by atoms with Crippen LogP contribution < -0.4 is 5.56 Å². The van der Waals surface area contributed by atoms with Crippen molar-refractivity contribution < 1.29 is 0 Å². The molecule has 1 aliphatic heterocycles. The summed E-state index contributed by atoms with van der Waals surface area (Å²) in [4.78, 5) is 26.6. The average Bonchev–Trinajstić information content (AvgIpc) is 2.92. The summed E-state index contributed by atoms with van der Waals surface area (Å²) in [6, 6.07) is 5.58. The van der Waals surface area contributed by atoms with Gasteiger partial charge in [-0.2, -0.15) is 5.10 Å². The molecule has 7 heteroatoms. The fourth-order valence-corrected chi connectivity index (χ4v) is 3.30. The molecular formula is C18H20N6O. The first-order chi connectivity index (χ1) is 12.1. The molecule has 0 amide bonds. The minimum absolute atomic E-state index is 0.0529. The van der Waals surface area contributed by atoms with Crippen molar-refractivity contribution >= 4 is 0 Å². The van der Waals surface area contributed by atoms with E-state index in [9.17, 15) is 4.79 Å². The van der Waals surface area contributed by atoms with Crippen molar-refractivity contribution in [2.24, 2.45) is 7.05 Å². The minimum Gasteiger partial charge on any atom is -0.305 e. The van der Waals surface area contributed by atoms with Crippen LogP contribution in [0.15, 0.2) is 35.4 Å². The summed E-state index contributed by atoms with van der Waals surface area (Å²) in [6.07, 6.45) is 4.46. The summed E-state index contributed by atoms with van der Waals surface area (Å²) in [7, 11) is 1.93. The average molecular weight is 336 g/mol. The lowest BCUT2D eigenvalue weighted by Crippen LogP contribution is -2.35. The Balaban J connectivity index is 1.62. The third-order valence-corrected chi connectivity index (χ3v) is 4.57. The molecule has 4 rings (SSSR count). The van der Waals surface area contributed by atoms with Gasteiger partial charge in [-0.25, -0.2) is 4.98 Å². The summed E-state index contributed by atoms with van der Waals surface area (Å²) < 4.78 is 1.84. The van der Waals surface area contributed by atoms with Crippen molar-refractivity contribution in [2.75, 3.05) is 6.54 Å². The van der Waals surface area contributed by atoms with Gasteiger partial charge in [-0.15, -0.1) is 0 Å². The van der Waals surface area contributed by atoms with E-state index >= 15 is 0 Å². The molecule has 7 nitrogen and oxygen atoms in total. The third kappa shape index (κ3) is 3.10. The Kier molecular flexibility index (Phi) is 3.93. The van der Waals surface area contributed by atoms with Gasteiger partial charge in [0.05, 0.1) is 11.4 Å². The van der Waals surface area contributed by atoms with E-state index in [-0.39, 0.29) is 5.56 Å². The van der Waals surface area contributed by atoms with E-state index in [1.807, 2.05) is 36.9 Å². The Bertz CT molecular complexity index is 959. The number of aromatic nitrogens is 5. The molecule has 1 N–H and O–H groups in total. The first-order valence-electron chi connectivity index (χ1n) is 8.35. The van der Waals surface area contributed by atoms with Gasteiger partial charge in [-0.1, -0.05) is 6.07 Å². The van der Waals surface area contributed by atoms with Crippen LogP contribution in [0.2, 0.25) is 0 Å². The number of rotatable bonds is 3. The lowest BCUT2D eigenvalue weighted by molar-refractivity contribution is 0.240. The summed E-state index contributed by atoms with van der Waals surface area (Å²) in [6.45, 7) is 4.34. The molecule has 0 saturated heterocycles. The van der Waals surface area contributed by atoms with Gasteiger partial charge in [0, 0.05) is 50.2 Å². The highest BCUT2D eigenvalue weighted by Gasteiger charge is 2.22. The normalized spacial score (nSPS) is 14.5. The number of aromatic amines is 1. The van der Waals surface area contributed by atoms with Gasteiger partial charge in [-0.3, -0.25) is 19.4 Å². The molecule has 0 atom stereocenters. The van der Waals surface area contributed by atoms with E-state index in [2.05, 4.69) is 31.1 Å². The Morgan fingerprint density at radius 3 is 2.92 bits per heavy atom. The van der Waals surface area contributed by atoms with Crippen molar-refractivity contribution in [2.45, 2.75) is 26.4 Å². The van der Waals surface area contributed by atoms with Crippen LogP contribution in [0, 0.1) is 6.92 Å². The van der Waals surface area contributed by atoms with Gasteiger partial charge in [0.1, 0.15) is 5.69 Å². The van der Waals surface area contributed by atoms with Gasteiger partial charge in [0.25, 0.3) is 5.56 Å². The van der Waals surface area contributed by atoms with Crippen LogP contribution in [0.5, 0.6) is 0 Å². The van der Waals surface area contributed by atoms with Crippen LogP contribution in [-0.4, -0.2) is 36.2 Å². The van der Waals surface area contributed by atoms with Crippen molar-refractivity contribution in [1.29, 1.82) is 0 Å². The minimum atomic E-state index is -0.0529. The van der Waals surface area contributed by atoms with Crippen molar-refractivity contribution in [3.63, 3.8) is 0 Å². The van der Waals surface area contributed by atoms with Crippen LogP contribution in [-0.2, 0) is 26.6 Å². The number of aryl methyl sites for hydroxylation is 2. The predicted octanol–water partition coefficient (Wildman–Crippen LogP) is 1.43. The Labute approximate surface area is 145 Å². The van der Waals surface area contributed by atoms with Gasteiger partial charge in [0.2, 0.25) is 0 Å². The lowest BCUT2D eigenvalue weighted by Gasteiger charge is -2.27. The molecular weight excluding hydrogens is 316 g/mol. The molecule has 25 heavy (non-hydrogen) atoms. The molecule has 3 aromatic heterocycles. The van der Waals surface area contributed by atoms with Crippen LogP contribution in [0.4, 0.5) is 0 Å². The number of pyridine rings is 1. The fourth-order valence-electron chi connectivity index (χ4n) is 3.30. The maximum absolute atomic E-state index is 12.4. The van der Waals surface area contributed by atoms with Crippen molar-refractivity contribution in [3.8, 4) is 11.5 Å². The molecule has 1 aliphatic rings. The highest BCUT2D eigenvalue weighted by atomic mass is 16.1. The third-order valence-electron chi connectivity index (χ3n) is 4.57. The second kappa shape index (κ2) is 6.25. The maximum Gasteiger partial charge on any atom is 0.254 e. The second-order valence-corrected chi connectivity index (χ2v) is 6.43. The molecule has 0 aliphatic carbocycles. The molecule has 0 fully saturated rings. The van der Waals surface area contributed by atoms with E-state index in [1.165, 1.54) is 5.56 Å². The van der Waals surface area contributed by atoms with Gasteiger partial charge in [-0.05, 0) is 25.5 Å². The second-order valence-electron chi connectivity index (χ2n) is 6.43. The molecule has 0 bridgehead atoms. The van der Waals surface area contributed by atoms with Crippen LogP contribution >= 0.6 is 0 Å². The van der Waals surface area contributed by atoms with Gasteiger partial charge in [0.15, 0.2) is 5.82 Å².